The van der Waals surface area contributed by atoms with Crippen molar-refractivity contribution >= 4 is 34.5 Å². The standard InChI is InChI=1S/C14H16Cl2N2S/c1-2-14(12-4-3-10(15)7-13(12)16)17-6-5-11-8-19-9-18-11/h3-4,7-9,14,17H,2,5-6H2,1H3. The van der Waals surface area contributed by atoms with E-state index in [-0.39, 0.29) is 6.04 Å². The van der Waals surface area contributed by atoms with Crippen LogP contribution in [0.25, 0.3) is 0 Å². The molecular formula is C14H16Cl2N2S. The van der Waals surface area contributed by atoms with Crippen molar-refractivity contribution in [3.8, 4) is 0 Å². The molecule has 0 saturated heterocycles. The van der Waals surface area contributed by atoms with Crippen molar-refractivity contribution in [1.82, 2.24) is 10.3 Å². The Balaban J connectivity index is 1.95. The average molecular weight is 315 g/mol. The van der Waals surface area contributed by atoms with E-state index in [1.807, 2.05) is 17.6 Å². The molecule has 0 bridgehead atoms. The van der Waals surface area contributed by atoms with Crippen LogP contribution >= 0.6 is 34.5 Å². The average Bonchev–Trinajstić information content (AvgIpc) is 2.89. The molecule has 19 heavy (non-hydrogen) atoms. The topological polar surface area (TPSA) is 24.9 Å². The van der Waals surface area contributed by atoms with Gasteiger partial charge in [0.2, 0.25) is 0 Å². The van der Waals surface area contributed by atoms with Crippen LogP contribution in [0.5, 0.6) is 0 Å². The molecular weight excluding hydrogens is 299 g/mol. The molecule has 0 spiro atoms. The summed E-state index contributed by atoms with van der Waals surface area (Å²) in [6, 6.07) is 5.93. The van der Waals surface area contributed by atoms with Gasteiger partial charge in [-0.1, -0.05) is 36.2 Å². The van der Waals surface area contributed by atoms with Crippen LogP contribution in [0.4, 0.5) is 0 Å². The maximum atomic E-state index is 6.25. The quantitative estimate of drug-likeness (QED) is 0.833. The second-order valence-electron chi connectivity index (χ2n) is 4.31. The summed E-state index contributed by atoms with van der Waals surface area (Å²) < 4.78 is 0. The summed E-state index contributed by atoms with van der Waals surface area (Å²) >= 11 is 13.8. The number of thiazole rings is 1. The van der Waals surface area contributed by atoms with Gasteiger partial charge in [0.15, 0.2) is 0 Å². The highest BCUT2D eigenvalue weighted by Gasteiger charge is 2.12. The van der Waals surface area contributed by atoms with E-state index in [9.17, 15) is 0 Å². The molecule has 1 aromatic heterocycles. The minimum Gasteiger partial charge on any atom is -0.310 e. The first-order valence-electron chi connectivity index (χ1n) is 6.26. The van der Waals surface area contributed by atoms with E-state index in [1.54, 1.807) is 17.4 Å². The van der Waals surface area contributed by atoms with Crippen molar-refractivity contribution in [3.05, 3.63) is 50.4 Å². The van der Waals surface area contributed by atoms with E-state index in [4.69, 9.17) is 23.2 Å². The Morgan fingerprint density at radius 2 is 2.21 bits per heavy atom. The highest BCUT2D eigenvalue weighted by atomic mass is 35.5. The maximum Gasteiger partial charge on any atom is 0.0794 e. The number of halogens is 2. The lowest BCUT2D eigenvalue weighted by Crippen LogP contribution is -2.23. The van der Waals surface area contributed by atoms with Gasteiger partial charge in [-0.3, -0.25) is 0 Å². The molecule has 0 aliphatic carbocycles. The summed E-state index contributed by atoms with van der Waals surface area (Å²) in [6.45, 7) is 3.03. The fraction of sp³-hybridized carbons (Fsp3) is 0.357. The van der Waals surface area contributed by atoms with Crippen LogP contribution in [0.3, 0.4) is 0 Å². The van der Waals surface area contributed by atoms with Gasteiger partial charge in [0.25, 0.3) is 0 Å². The van der Waals surface area contributed by atoms with E-state index in [1.165, 1.54) is 0 Å². The third kappa shape index (κ3) is 4.18. The summed E-state index contributed by atoms with van der Waals surface area (Å²) in [5.41, 5.74) is 4.10. The van der Waals surface area contributed by atoms with Gasteiger partial charge in [-0.05, 0) is 24.1 Å². The Kier molecular flexibility index (Phi) is 5.64. The Morgan fingerprint density at radius 3 is 2.84 bits per heavy atom. The molecule has 2 nitrogen and oxygen atoms in total. The summed E-state index contributed by atoms with van der Waals surface area (Å²) in [4.78, 5) is 4.28. The molecule has 1 heterocycles. The Labute approximate surface area is 127 Å². The molecule has 0 fully saturated rings. The van der Waals surface area contributed by atoms with E-state index in [0.29, 0.717) is 5.02 Å². The van der Waals surface area contributed by atoms with E-state index < -0.39 is 0 Å². The van der Waals surface area contributed by atoms with Gasteiger partial charge < -0.3 is 5.32 Å². The minimum atomic E-state index is 0.253. The zero-order valence-electron chi connectivity index (χ0n) is 10.7. The first-order valence-corrected chi connectivity index (χ1v) is 7.96. The number of nitrogens with zero attached hydrogens (tertiary/aromatic N) is 1. The van der Waals surface area contributed by atoms with Crippen molar-refractivity contribution in [2.45, 2.75) is 25.8 Å². The molecule has 0 radical (unpaired) electrons. The van der Waals surface area contributed by atoms with Gasteiger partial charge in [0.05, 0.1) is 11.2 Å². The molecule has 1 aromatic carbocycles. The van der Waals surface area contributed by atoms with Crippen LogP contribution in [0.2, 0.25) is 10.0 Å². The van der Waals surface area contributed by atoms with Gasteiger partial charge in [-0.15, -0.1) is 11.3 Å². The Hall–Kier alpha value is -0.610. The van der Waals surface area contributed by atoms with Gasteiger partial charge >= 0.3 is 0 Å². The predicted octanol–water partition coefficient (Wildman–Crippen LogP) is 4.73. The first kappa shape index (κ1) is 14.8. The number of benzene rings is 1. The minimum absolute atomic E-state index is 0.253. The summed E-state index contributed by atoms with van der Waals surface area (Å²) in [5.74, 6) is 0. The van der Waals surface area contributed by atoms with Crippen molar-refractivity contribution < 1.29 is 0 Å². The normalized spacial score (nSPS) is 12.6. The van der Waals surface area contributed by atoms with Crippen LogP contribution in [0, 0.1) is 0 Å². The molecule has 2 aromatic rings. The molecule has 0 amide bonds. The number of nitrogens with one attached hydrogen (secondary N) is 1. The molecule has 2 rings (SSSR count). The smallest absolute Gasteiger partial charge is 0.0794 e. The Bertz CT molecular complexity index is 514. The lowest BCUT2D eigenvalue weighted by molar-refractivity contribution is 0.521. The summed E-state index contributed by atoms with van der Waals surface area (Å²) in [5, 5.41) is 7.00. The van der Waals surface area contributed by atoms with Gasteiger partial charge in [0, 0.05) is 34.4 Å². The van der Waals surface area contributed by atoms with Gasteiger partial charge in [-0.25, -0.2) is 4.98 Å². The number of rotatable bonds is 6. The van der Waals surface area contributed by atoms with Crippen molar-refractivity contribution in [1.29, 1.82) is 0 Å². The zero-order chi connectivity index (χ0) is 13.7. The fourth-order valence-electron chi connectivity index (χ4n) is 1.99. The first-order chi connectivity index (χ1) is 9.20. The summed E-state index contributed by atoms with van der Waals surface area (Å²) in [6.07, 6.45) is 1.92. The van der Waals surface area contributed by atoms with E-state index in [0.717, 1.165) is 35.7 Å². The Morgan fingerprint density at radius 1 is 1.37 bits per heavy atom. The molecule has 0 saturated carbocycles. The fourth-order valence-corrected chi connectivity index (χ4v) is 3.13. The van der Waals surface area contributed by atoms with Crippen molar-refractivity contribution in [2.24, 2.45) is 0 Å². The lowest BCUT2D eigenvalue weighted by atomic mass is 10.0. The van der Waals surface area contributed by atoms with Crippen LogP contribution in [-0.4, -0.2) is 11.5 Å². The number of hydrogen-bond acceptors (Lipinski definition) is 3. The van der Waals surface area contributed by atoms with Crippen molar-refractivity contribution in [3.63, 3.8) is 0 Å². The van der Waals surface area contributed by atoms with Crippen LogP contribution in [0.15, 0.2) is 29.1 Å². The molecule has 1 atom stereocenters. The van der Waals surface area contributed by atoms with Crippen LogP contribution in [-0.2, 0) is 6.42 Å². The number of aromatic nitrogens is 1. The van der Waals surface area contributed by atoms with Crippen LogP contribution < -0.4 is 5.32 Å². The maximum absolute atomic E-state index is 6.25. The van der Waals surface area contributed by atoms with E-state index >= 15 is 0 Å². The molecule has 0 aliphatic rings. The third-order valence-corrected chi connectivity index (χ3v) is 4.20. The second kappa shape index (κ2) is 7.25. The van der Waals surface area contributed by atoms with Gasteiger partial charge in [-0.2, -0.15) is 0 Å². The molecule has 102 valence electrons. The molecule has 1 N–H and O–H groups in total. The van der Waals surface area contributed by atoms with Crippen molar-refractivity contribution in [2.75, 3.05) is 6.54 Å². The largest absolute Gasteiger partial charge is 0.310 e. The monoisotopic (exact) mass is 314 g/mol. The molecule has 5 heteroatoms. The highest BCUT2D eigenvalue weighted by Crippen LogP contribution is 2.27. The predicted molar refractivity (Wildman–Crippen MR) is 83.3 cm³/mol. The van der Waals surface area contributed by atoms with Gasteiger partial charge in [0.1, 0.15) is 0 Å². The SMILES string of the molecule is CCC(NCCc1cscn1)c1ccc(Cl)cc1Cl. The zero-order valence-corrected chi connectivity index (χ0v) is 13.0. The molecule has 1 unspecified atom stereocenters. The lowest BCUT2D eigenvalue weighted by Gasteiger charge is -2.18. The number of hydrogen-bond donors (Lipinski definition) is 1. The van der Waals surface area contributed by atoms with E-state index in [2.05, 4.69) is 22.6 Å². The summed E-state index contributed by atoms with van der Waals surface area (Å²) in [7, 11) is 0. The second-order valence-corrected chi connectivity index (χ2v) is 5.87. The van der Waals surface area contributed by atoms with Crippen LogP contribution in [0.1, 0.15) is 30.6 Å². The highest BCUT2D eigenvalue weighted by molar-refractivity contribution is 7.07. The molecule has 0 aliphatic heterocycles. The third-order valence-electron chi connectivity index (χ3n) is 3.00.